The van der Waals surface area contributed by atoms with Gasteiger partial charge in [-0.1, -0.05) is 17.7 Å². The second-order valence-electron chi connectivity index (χ2n) is 6.26. The molecule has 1 aromatic carbocycles. The summed E-state index contributed by atoms with van der Waals surface area (Å²) in [5.74, 6) is 1.46. The Morgan fingerprint density at radius 1 is 1.29 bits per heavy atom. The predicted octanol–water partition coefficient (Wildman–Crippen LogP) is 3.50. The predicted molar refractivity (Wildman–Crippen MR) is 95.7 cm³/mol. The first-order chi connectivity index (χ1) is 13.2. The molecule has 0 saturated carbocycles. The zero-order valence-electron chi connectivity index (χ0n) is 14.9. The third-order valence-electron chi connectivity index (χ3n) is 4.01. The Morgan fingerprint density at radius 2 is 2.04 bits per heavy atom. The number of aliphatic hydroxyl groups is 1. The highest BCUT2D eigenvalue weighted by atomic mass is 35.5. The fourth-order valence-corrected chi connectivity index (χ4v) is 2.98. The number of nitrogens with zero attached hydrogens (tertiary/aromatic N) is 2. The average Bonchev–Trinajstić information content (AvgIpc) is 3.08. The van der Waals surface area contributed by atoms with Crippen LogP contribution in [0.15, 0.2) is 30.5 Å². The van der Waals surface area contributed by atoms with Gasteiger partial charge in [-0.05, 0) is 23.8 Å². The molecule has 10 heteroatoms. The molecule has 1 aliphatic heterocycles. The number of rotatable bonds is 7. The van der Waals surface area contributed by atoms with Crippen molar-refractivity contribution in [2.75, 3.05) is 31.9 Å². The number of aromatic nitrogens is 1. The highest BCUT2D eigenvalue weighted by molar-refractivity contribution is 6.33. The van der Waals surface area contributed by atoms with Gasteiger partial charge >= 0.3 is 6.18 Å². The highest BCUT2D eigenvalue weighted by Crippen LogP contribution is 2.34. The van der Waals surface area contributed by atoms with Gasteiger partial charge in [0.1, 0.15) is 5.82 Å². The molecule has 1 atom stereocenters. The largest absolute Gasteiger partial charge is 0.454 e. The van der Waals surface area contributed by atoms with Crippen LogP contribution in [-0.4, -0.2) is 43.2 Å². The van der Waals surface area contributed by atoms with E-state index in [2.05, 4.69) is 4.98 Å². The summed E-state index contributed by atoms with van der Waals surface area (Å²) in [5, 5.41) is 9.98. The molecule has 0 amide bonds. The third-order valence-corrected chi connectivity index (χ3v) is 4.29. The minimum atomic E-state index is -4.52. The van der Waals surface area contributed by atoms with Crippen LogP contribution in [0.3, 0.4) is 0 Å². The third kappa shape index (κ3) is 4.98. The van der Waals surface area contributed by atoms with Crippen LogP contribution in [0.1, 0.15) is 11.1 Å². The second-order valence-corrected chi connectivity index (χ2v) is 6.67. The van der Waals surface area contributed by atoms with E-state index in [1.807, 2.05) is 6.07 Å². The molecule has 1 aromatic heterocycles. The first-order valence-electron chi connectivity index (χ1n) is 8.32. The molecule has 152 valence electrons. The molecule has 1 unspecified atom stereocenters. The number of halogens is 4. The number of anilines is 1. The van der Waals surface area contributed by atoms with Gasteiger partial charge in [-0.25, -0.2) is 4.98 Å². The van der Waals surface area contributed by atoms with Gasteiger partial charge < -0.3 is 24.2 Å². The summed E-state index contributed by atoms with van der Waals surface area (Å²) in [6, 6.07) is 6.22. The molecule has 2 heterocycles. The normalized spacial score (nSPS) is 14.2. The van der Waals surface area contributed by atoms with Crippen LogP contribution in [0.4, 0.5) is 19.0 Å². The number of hydrogen-bond acceptors (Lipinski definition) is 6. The smallest absolute Gasteiger partial charge is 0.417 e. The molecule has 0 fully saturated rings. The van der Waals surface area contributed by atoms with Crippen LogP contribution in [0.5, 0.6) is 11.5 Å². The topological polar surface area (TPSA) is 64.1 Å². The van der Waals surface area contributed by atoms with Crippen LogP contribution in [-0.2, 0) is 17.5 Å². The zero-order chi connectivity index (χ0) is 20.3. The van der Waals surface area contributed by atoms with Gasteiger partial charge in [0.05, 0.1) is 29.9 Å². The number of pyridine rings is 1. The quantitative estimate of drug-likeness (QED) is 0.742. The van der Waals surface area contributed by atoms with Crippen molar-refractivity contribution in [3.63, 3.8) is 0 Å². The van der Waals surface area contributed by atoms with Gasteiger partial charge in [0.25, 0.3) is 0 Å². The molecule has 1 N–H and O–H groups in total. The van der Waals surface area contributed by atoms with Crippen molar-refractivity contribution in [2.45, 2.75) is 18.9 Å². The number of likely N-dealkylation sites (N-methyl/N-ethyl adjacent to an activating group) is 1. The zero-order valence-corrected chi connectivity index (χ0v) is 15.6. The Labute approximate surface area is 164 Å². The molecule has 1 aliphatic rings. The Kier molecular flexibility index (Phi) is 6.17. The standard InChI is InChI=1S/C18H18ClF3N2O4/c1-24(17-14(19)5-12(6-23-17)18(20,21)22)7-13(25)9-26-8-11-2-3-15-16(4-11)28-10-27-15/h2-6,13,25H,7-10H2,1H3. The molecule has 0 bridgehead atoms. The van der Waals surface area contributed by atoms with Gasteiger partial charge in [-0.2, -0.15) is 13.2 Å². The lowest BCUT2D eigenvalue weighted by Crippen LogP contribution is -2.33. The number of aliphatic hydroxyl groups excluding tert-OH is 1. The van der Waals surface area contributed by atoms with Crippen molar-refractivity contribution in [2.24, 2.45) is 0 Å². The lowest BCUT2D eigenvalue weighted by Gasteiger charge is -2.23. The van der Waals surface area contributed by atoms with E-state index in [0.717, 1.165) is 11.6 Å². The van der Waals surface area contributed by atoms with E-state index in [9.17, 15) is 18.3 Å². The second kappa shape index (κ2) is 8.42. The van der Waals surface area contributed by atoms with Gasteiger partial charge in [0, 0.05) is 19.8 Å². The number of alkyl halides is 3. The van der Waals surface area contributed by atoms with Crippen molar-refractivity contribution >= 4 is 17.4 Å². The molecule has 28 heavy (non-hydrogen) atoms. The maximum absolute atomic E-state index is 12.7. The molecule has 0 aliphatic carbocycles. The van der Waals surface area contributed by atoms with Crippen molar-refractivity contribution in [3.05, 3.63) is 46.6 Å². The van der Waals surface area contributed by atoms with Crippen LogP contribution in [0, 0.1) is 0 Å². The van der Waals surface area contributed by atoms with Crippen molar-refractivity contribution < 1.29 is 32.5 Å². The van der Waals surface area contributed by atoms with Crippen molar-refractivity contribution in [1.29, 1.82) is 0 Å². The fourth-order valence-electron chi connectivity index (χ4n) is 2.67. The molecular formula is C18H18ClF3N2O4. The lowest BCUT2D eigenvalue weighted by molar-refractivity contribution is -0.137. The molecule has 0 radical (unpaired) electrons. The van der Waals surface area contributed by atoms with E-state index in [-0.39, 0.29) is 37.4 Å². The van der Waals surface area contributed by atoms with Gasteiger partial charge in [-0.3, -0.25) is 0 Å². The Balaban J connectivity index is 1.50. The van der Waals surface area contributed by atoms with Gasteiger partial charge in [0.15, 0.2) is 11.5 Å². The number of ether oxygens (including phenoxy) is 3. The number of hydrogen-bond donors (Lipinski definition) is 1. The summed E-state index contributed by atoms with van der Waals surface area (Å²) >= 11 is 5.91. The van der Waals surface area contributed by atoms with E-state index in [0.29, 0.717) is 17.7 Å². The summed E-state index contributed by atoms with van der Waals surface area (Å²) in [5.41, 5.74) is -0.0699. The summed E-state index contributed by atoms with van der Waals surface area (Å²) in [6.07, 6.45) is -4.70. The van der Waals surface area contributed by atoms with Crippen LogP contribution < -0.4 is 14.4 Å². The monoisotopic (exact) mass is 418 g/mol. The van der Waals surface area contributed by atoms with Crippen LogP contribution >= 0.6 is 11.6 Å². The Hall–Kier alpha value is -2.23. The van der Waals surface area contributed by atoms with Crippen molar-refractivity contribution in [1.82, 2.24) is 4.98 Å². The summed E-state index contributed by atoms with van der Waals surface area (Å²) in [6.45, 7) is 0.554. The van der Waals surface area contributed by atoms with Crippen LogP contribution in [0.2, 0.25) is 5.02 Å². The molecule has 2 aromatic rings. The van der Waals surface area contributed by atoms with E-state index in [1.165, 1.54) is 4.90 Å². The summed E-state index contributed by atoms with van der Waals surface area (Å²) in [4.78, 5) is 5.22. The maximum atomic E-state index is 12.7. The number of fused-ring (bicyclic) bond motifs is 1. The fraction of sp³-hybridized carbons (Fsp3) is 0.389. The highest BCUT2D eigenvalue weighted by Gasteiger charge is 2.32. The molecule has 3 rings (SSSR count). The average molecular weight is 419 g/mol. The minimum Gasteiger partial charge on any atom is -0.454 e. The van der Waals surface area contributed by atoms with E-state index < -0.39 is 17.8 Å². The van der Waals surface area contributed by atoms with Crippen LogP contribution in [0.25, 0.3) is 0 Å². The van der Waals surface area contributed by atoms with E-state index in [4.69, 9.17) is 25.8 Å². The Morgan fingerprint density at radius 3 is 2.75 bits per heavy atom. The van der Waals surface area contributed by atoms with E-state index in [1.54, 1.807) is 19.2 Å². The molecule has 6 nitrogen and oxygen atoms in total. The molecule has 0 saturated heterocycles. The first kappa shape index (κ1) is 20.5. The molecular weight excluding hydrogens is 401 g/mol. The van der Waals surface area contributed by atoms with Gasteiger partial charge in [0.2, 0.25) is 6.79 Å². The van der Waals surface area contributed by atoms with Crippen molar-refractivity contribution in [3.8, 4) is 11.5 Å². The summed E-state index contributed by atoms with van der Waals surface area (Å²) in [7, 11) is 1.57. The Bertz CT molecular complexity index is 835. The van der Waals surface area contributed by atoms with E-state index >= 15 is 0 Å². The van der Waals surface area contributed by atoms with Gasteiger partial charge in [-0.15, -0.1) is 0 Å². The minimum absolute atomic E-state index is 0.0248. The lowest BCUT2D eigenvalue weighted by atomic mass is 10.2. The number of benzene rings is 1. The maximum Gasteiger partial charge on any atom is 0.417 e. The first-order valence-corrected chi connectivity index (χ1v) is 8.70. The molecule has 0 spiro atoms. The summed E-state index contributed by atoms with van der Waals surface area (Å²) < 4.78 is 54.1. The SMILES string of the molecule is CN(CC(O)COCc1ccc2c(c1)OCO2)c1ncc(C(F)(F)F)cc1Cl.